The first kappa shape index (κ1) is 18.5. The number of nitrogens with one attached hydrogen (secondary N) is 1. The summed E-state index contributed by atoms with van der Waals surface area (Å²) < 4.78 is 0. The number of carboxylic acids is 1. The van der Waals surface area contributed by atoms with E-state index in [1.807, 2.05) is 0 Å². The molecule has 0 aromatic heterocycles. The molecule has 2 fully saturated rings. The number of urea groups is 1. The van der Waals surface area contributed by atoms with Crippen LogP contribution < -0.4 is 5.32 Å². The number of nitrogens with zero attached hydrogens (tertiary/aromatic N) is 3. The molecular weight excluding hydrogens is 312 g/mol. The zero-order valence-electron chi connectivity index (χ0n) is 14.5. The summed E-state index contributed by atoms with van der Waals surface area (Å²) in [5, 5.41) is 11.8. The number of rotatable bonds is 4. The molecule has 2 rings (SSSR count). The van der Waals surface area contributed by atoms with Crippen molar-refractivity contribution in [3.8, 4) is 0 Å². The molecule has 8 nitrogen and oxygen atoms in total. The second-order valence-corrected chi connectivity index (χ2v) is 6.84. The highest BCUT2D eigenvalue weighted by Crippen LogP contribution is 2.24. The average molecular weight is 340 g/mol. The van der Waals surface area contributed by atoms with E-state index >= 15 is 0 Å². The molecule has 0 aromatic rings. The average Bonchev–Trinajstić information content (AvgIpc) is 2.59. The van der Waals surface area contributed by atoms with E-state index < -0.39 is 5.97 Å². The molecule has 0 radical (unpaired) electrons. The fourth-order valence-electron chi connectivity index (χ4n) is 3.44. The van der Waals surface area contributed by atoms with E-state index in [1.54, 1.807) is 19.0 Å². The lowest BCUT2D eigenvalue weighted by Gasteiger charge is -2.41. The van der Waals surface area contributed by atoms with Crippen LogP contribution >= 0.6 is 0 Å². The number of carbonyl (C=O) groups is 3. The maximum absolute atomic E-state index is 12.2. The fraction of sp³-hybridized carbons (Fsp3) is 0.812. The van der Waals surface area contributed by atoms with Crippen molar-refractivity contribution in [3.05, 3.63) is 0 Å². The fourth-order valence-corrected chi connectivity index (χ4v) is 3.44. The van der Waals surface area contributed by atoms with E-state index in [-0.39, 0.29) is 24.4 Å². The quantitative estimate of drug-likeness (QED) is 0.754. The molecule has 0 aromatic carbocycles. The molecule has 0 spiro atoms. The topological polar surface area (TPSA) is 93.2 Å². The molecule has 0 bridgehead atoms. The summed E-state index contributed by atoms with van der Waals surface area (Å²) in [5.41, 5.74) is 0. The molecule has 0 aliphatic carbocycles. The number of piperidine rings is 2. The largest absolute Gasteiger partial charge is 0.481 e. The van der Waals surface area contributed by atoms with Gasteiger partial charge in [0.25, 0.3) is 0 Å². The van der Waals surface area contributed by atoms with Crippen molar-refractivity contribution in [2.45, 2.75) is 31.7 Å². The Bertz CT molecular complexity index is 475. The zero-order valence-corrected chi connectivity index (χ0v) is 14.5. The number of amides is 3. The minimum absolute atomic E-state index is 0.0203. The van der Waals surface area contributed by atoms with Crippen LogP contribution in [0.2, 0.25) is 0 Å². The number of carbonyl (C=O) groups excluding carboxylic acids is 2. The highest BCUT2D eigenvalue weighted by Gasteiger charge is 2.32. The predicted molar refractivity (Wildman–Crippen MR) is 88.6 cm³/mol. The summed E-state index contributed by atoms with van der Waals surface area (Å²) in [7, 11) is 3.27. The highest BCUT2D eigenvalue weighted by molar-refractivity contribution is 5.83. The molecule has 1 atom stereocenters. The van der Waals surface area contributed by atoms with Crippen molar-refractivity contribution in [2.75, 3.05) is 46.8 Å². The lowest BCUT2D eigenvalue weighted by atomic mass is 9.94. The Morgan fingerprint density at radius 1 is 1.12 bits per heavy atom. The Labute approximate surface area is 142 Å². The molecule has 1 unspecified atom stereocenters. The molecule has 8 heteroatoms. The molecule has 2 aliphatic heterocycles. The zero-order chi connectivity index (χ0) is 17.7. The monoisotopic (exact) mass is 340 g/mol. The van der Waals surface area contributed by atoms with Gasteiger partial charge in [-0.2, -0.15) is 0 Å². The van der Waals surface area contributed by atoms with Crippen LogP contribution in [0.25, 0.3) is 0 Å². The van der Waals surface area contributed by atoms with Crippen LogP contribution in [0.3, 0.4) is 0 Å². The van der Waals surface area contributed by atoms with Gasteiger partial charge in [0.1, 0.15) is 0 Å². The lowest BCUT2D eigenvalue weighted by Crippen LogP contribution is -2.52. The molecule has 3 amide bonds. The van der Waals surface area contributed by atoms with Gasteiger partial charge in [-0.15, -0.1) is 0 Å². The van der Waals surface area contributed by atoms with E-state index in [2.05, 4.69) is 10.2 Å². The Kier molecular flexibility index (Phi) is 6.42. The van der Waals surface area contributed by atoms with Gasteiger partial charge in [0.2, 0.25) is 5.91 Å². The molecule has 24 heavy (non-hydrogen) atoms. The summed E-state index contributed by atoms with van der Waals surface area (Å²) in [6.07, 6.45) is 3.40. The van der Waals surface area contributed by atoms with Crippen molar-refractivity contribution in [3.63, 3.8) is 0 Å². The molecule has 2 saturated heterocycles. The summed E-state index contributed by atoms with van der Waals surface area (Å²) in [6, 6.07) is 0.0823. The Morgan fingerprint density at radius 3 is 2.38 bits per heavy atom. The molecule has 0 saturated carbocycles. The van der Waals surface area contributed by atoms with Crippen LogP contribution in [0.4, 0.5) is 4.79 Å². The summed E-state index contributed by atoms with van der Waals surface area (Å²) >= 11 is 0. The Hall–Kier alpha value is -1.83. The van der Waals surface area contributed by atoms with Gasteiger partial charge in [-0.25, -0.2) is 4.79 Å². The maximum atomic E-state index is 12.2. The second kappa shape index (κ2) is 8.32. The molecule has 2 N–H and O–H groups in total. The number of hydrogen-bond acceptors (Lipinski definition) is 4. The molecule has 2 heterocycles. The minimum Gasteiger partial charge on any atom is -0.481 e. The maximum Gasteiger partial charge on any atom is 0.317 e. The van der Waals surface area contributed by atoms with Gasteiger partial charge in [0.05, 0.1) is 12.5 Å². The van der Waals surface area contributed by atoms with Gasteiger partial charge >= 0.3 is 12.0 Å². The third kappa shape index (κ3) is 4.83. The van der Waals surface area contributed by atoms with Crippen molar-refractivity contribution in [2.24, 2.45) is 5.92 Å². The Morgan fingerprint density at radius 2 is 1.79 bits per heavy atom. The third-order valence-electron chi connectivity index (χ3n) is 4.93. The van der Waals surface area contributed by atoms with Crippen molar-refractivity contribution in [1.29, 1.82) is 0 Å². The van der Waals surface area contributed by atoms with Crippen LogP contribution in [0, 0.1) is 5.92 Å². The van der Waals surface area contributed by atoms with Gasteiger partial charge in [-0.05, 0) is 32.2 Å². The number of carboxylic acid groups (broad SMARTS) is 1. The van der Waals surface area contributed by atoms with E-state index in [0.717, 1.165) is 32.2 Å². The SMILES string of the molecule is CN(C)C(=O)NCC(=O)N1CCC(N2CCCC(C(=O)O)C2)CC1. The summed E-state index contributed by atoms with van der Waals surface area (Å²) in [6.45, 7) is 2.91. The number of likely N-dealkylation sites (tertiary alicyclic amines) is 2. The second-order valence-electron chi connectivity index (χ2n) is 6.84. The molecule has 2 aliphatic rings. The standard InChI is InChI=1S/C16H28N4O4/c1-18(2)16(24)17-10-14(21)19-8-5-13(6-9-19)20-7-3-4-12(11-20)15(22)23/h12-13H,3-11H2,1-2H3,(H,17,24)(H,22,23). The number of aliphatic carboxylic acids is 1. The van der Waals surface area contributed by atoms with Crippen LogP contribution in [-0.2, 0) is 9.59 Å². The van der Waals surface area contributed by atoms with E-state index in [0.29, 0.717) is 25.7 Å². The van der Waals surface area contributed by atoms with Crippen LogP contribution in [-0.4, -0.2) is 90.6 Å². The summed E-state index contributed by atoms with van der Waals surface area (Å²) in [4.78, 5) is 40.3. The lowest BCUT2D eigenvalue weighted by molar-refractivity contribution is -0.144. The van der Waals surface area contributed by atoms with Gasteiger partial charge in [0.15, 0.2) is 0 Å². The van der Waals surface area contributed by atoms with Gasteiger partial charge in [0, 0.05) is 39.8 Å². The summed E-state index contributed by atoms with van der Waals surface area (Å²) in [5.74, 6) is -1.03. The first-order chi connectivity index (χ1) is 11.4. The Balaban J connectivity index is 1.75. The normalized spacial score (nSPS) is 22.9. The highest BCUT2D eigenvalue weighted by atomic mass is 16.4. The van der Waals surface area contributed by atoms with Crippen molar-refractivity contribution < 1.29 is 19.5 Å². The van der Waals surface area contributed by atoms with Gasteiger partial charge in [-0.3, -0.25) is 14.5 Å². The van der Waals surface area contributed by atoms with Crippen molar-refractivity contribution >= 4 is 17.9 Å². The number of hydrogen-bond donors (Lipinski definition) is 2. The minimum atomic E-state index is -0.705. The first-order valence-corrected chi connectivity index (χ1v) is 8.58. The van der Waals surface area contributed by atoms with E-state index in [9.17, 15) is 19.5 Å². The third-order valence-corrected chi connectivity index (χ3v) is 4.93. The molecular formula is C16H28N4O4. The van der Waals surface area contributed by atoms with Crippen LogP contribution in [0.1, 0.15) is 25.7 Å². The van der Waals surface area contributed by atoms with Crippen molar-refractivity contribution in [1.82, 2.24) is 20.0 Å². The van der Waals surface area contributed by atoms with E-state index in [4.69, 9.17) is 0 Å². The van der Waals surface area contributed by atoms with Crippen LogP contribution in [0.5, 0.6) is 0 Å². The molecule has 136 valence electrons. The van der Waals surface area contributed by atoms with Crippen LogP contribution in [0.15, 0.2) is 0 Å². The van der Waals surface area contributed by atoms with Gasteiger partial charge < -0.3 is 20.2 Å². The van der Waals surface area contributed by atoms with E-state index in [1.165, 1.54) is 4.90 Å². The first-order valence-electron chi connectivity index (χ1n) is 8.58. The predicted octanol–water partition coefficient (Wildman–Crippen LogP) is 0.0452. The smallest absolute Gasteiger partial charge is 0.317 e. The van der Waals surface area contributed by atoms with Gasteiger partial charge in [-0.1, -0.05) is 0 Å².